The lowest BCUT2D eigenvalue weighted by atomic mass is 9.92. The van der Waals surface area contributed by atoms with Crippen LogP contribution in [0.2, 0.25) is 0 Å². The second kappa shape index (κ2) is 12.1. The average molecular weight is 619 g/mol. The van der Waals surface area contributed by atoms with Crippen molar-refractivity contribution in [3.05, 3.63) is 34.3 Å². The van der Waals surface area contributed by atoms with Gasteiger partial charge < -0.3 is 14.4 Å². The topological polar surface area (TPSA) is 121 Å². The van der Waals surface area contributed by atoms with Crippen LogP contribution in [0.4, 0.5) is 10.6 Å². The first-order chi connectivity index (χ1) is 18.9. The molecule has 2 aliphatic heterocycles. The van der Waals surface area contributed by atoms with Gasteiger partial charge in [-0.2, -0.15) is 5.01 Å². The molecule has 3 amide bonds. The van der Waals surface area contributed by atoms with E-state index in [4.69, 9.17) is 4.74 Å². The molecule has 11 nitrogen and oxygen atoms in total. The fraction of sp³-hybridized carbons (Fsp3) is 0.536. The fourth-order valence-electron chi connectivity index (χ4n) is 4.96. The lowest BCUT2D eigenvalue weighted by molar-refractivity contribution is -0.141. The van der Waals surface area contributed by atoms with E-state index in [1.807, 2.05) is 45.0 Å². The zero-order valence-corrected chi connectivity index (χ0v) is 25.1. The third kappa shape index (κ3) is 6.90. The van der Waals surface area contributed by atoms with E-state index in [1.165, 1.54) is 7.11 Å². The van der Waals surface area contributed by atoms with Crippen molar-refractivity contribution >= 4 is 56.5 Å². The smallest absolute Gasteiger partial charge is 0.410 e. The molecule has 0 radical (unpaired) electrons. The maximum Gasteiger partial charge on any atom is 0.410 e. The molecule has 0 bridgehead atoms. The summed E-state index contributed by atoms with van der Waals surface area (Å²) in [6.07, 6.45) is -0.0156. The Balaban J connectivity index is 1.50. The van der Waals surface area contributed by atoms with Crippen LogP contribution in [0.25, 0.3) is 10.9 Å². The average Bonchev–Trinajstić information content (AvgIpc) is 3.09. The maximum atomic E-state index is 13.1. The number of anilines is 1. The number of nitrogens with one attached hydrogen (secondary N) is 1. The molecular weight excluding hydrogens is 582 g/mol. The van der Waals surface area contributed by atoms with E-state index in [2.05, 4.69) is 36.0 Å². The lowest BCUT2D eigenvalue weighted by Crippen LogP contribution is -2.49. The fourth-order valence-corrected chi connectivity index (χ4v) is 5.30. The summed E-state index contributed by atoms with van der Waals surface area (Å²) in [4.78, 5) is 58.8. The van der Waals surface area contributed by atoms with Gasteiger partial charge in [0.25, 0.3) is 11.8 Å². The van der Waals surface area contributed by atoms with E-state index in [9.17, 15) is 19.2 Å². The molecule has 0 saturated carbocycles. The van der Waals surface area contributed by atoms with E-state index in [-0.39, 0.29) is 24.8 Å². The number of aromatic nitrogens is 1. The quantitative estimate of drug-likeness (QED) is 0.363. The molecule has 40 heavy (non-hydrogen) atoms. The SMILES string of the molecule is COC(=O)CCC1C(=O)N(Nc2cc(CN3CCN(C(=O)OC(C)(C)C)CC3)c3ccc(Br)cc3n2)C(=O)C1C. The number of hydrogen-bond acceptors (Lipinski definition) is 9. The van der Waals surface area contributed by atoms with Gasteiger partial charge in [0.15, 0.2) is 0 Å². The molecule has 2 fully saturated rings. The van der Waals surface area contributed by atoms with Crippen LogP contribution in [0.3, 0.4) is 0 Å². The van der Waals surface area contributed by atoms with Gasteiger partial charge >= 0.3 is 12.1 Å². The number of imide groups is 1. The number of carbonyl (C=O) groups is 4. The van der Waals surface area contributed by atoms with Gasteiger partial charge in [0.2, 0.25) is 0 Å². The molecule has 216 valence electrons. The molecule has 2 unspecified atom stereocenters. The van der Waals surface area contributed by atoms with Crippen molar-refractivity contribution in [1.29, 1.82) is 0 Å². The Bertz CT molecular complexity index is 1300. The minimum atomic E-state index is -0.616. The predicted octanol–water partition coefficient (Wildman–Crippen LogP) is 3.95. The summed E-state index contributed by atoms with van der Waals surface area (Å²) in [5, 5.41) is 1.97. The Kier molecular flexibility index (Phi) is 8.99. The molecule has 2 aliphatic rings. The molecule has 12 heteroatoms. The number of piperazine rings is 1. The monoisotopic (exact) mass is 617 g/mol. The van der Waals surface area contributed by atoms with Gasteiger partial charge in [-0.05, 0) is 51.0 Å². The summed E-state index contributed by atoms with van der Waals surface area (Å²) in [6, 6.07) is 7.67. The van der Waals surface area contributed by atoms with Gasteiger partial charge in [-0.15, -0.1) is 0 Å². The zero-order valence-electron chi connectivity index (χ0n) is 23.5. The van der Waals surface area contributed by atoms with Crippen molar-refractivity contribution in [2.75, 3.05) is 38.7 Å². The Labute approximate surface area is 242 Å². The number of benzene rings is 1. The summed E-state index contributed by atoms with van der Waals surface area (Å²) in [5.41, 5.74) is 4.07. The van der Waals surface area contributed by atoms with Crippen molar-refractivity contribution in [3.63, 3.8) is 0 Å². The first-order valence-corrected chi connectivity index (χ1v) is 14.2. The number of hydrazine groups is 1. The van der Waals surface area contributed by atoms with Crippen LogP contribution in [-0.2, 0) is 30.4 Å². The second-order valence-corrected chi connectivity index (χ2v) is 12.1. The third-order valence-corrected chi connectivity index (χ3v) is 7.63. The van der Waals surface area contributed by atoms with Gasteiger partial charge in [-0.25, -0.2) is 9.78 Å². The number of hydrogen-bond donors (Lipinski definition) is 1. The molecule has 0 aliphatic carbocycles. The van der Waals surface area contributed by atoms with Crippen LogP contribution in [0, 0.1) is 11.8 Å². The highest BCUT2D eigenvalue weighted by Gasteiger charge is 2.45. The molecule has 2 atom stereocenters. The minimum absolute atomic E-state index is 0.0615. The Morgan fingerprint density at radius 3 is 2.45 bits per heavy atom. The van der Waals surface area contributed by atoms with Crippen LogP contribution in [0.5, 0.6) is 0 Å². The number of esters is 1. The number of nitrogens with zero attached hydrogens (tertiary/aromatic N) is 4. The summed E-state index contributed by atoms with van der Waals surface area (Å²) < 4.78 is 11.0. The Morgan fingerprint density at radius 2 is 1.80 bits per heavy atom. The van der Waals surface area contributed by atoms with E-state index < -0.39 is 29.3 Å². The summed E-state index contributed by atoms with van der Waals surface area (Å²) in [5.74, 6) is -1.99. The first kappa shape index (κ1) is 29.7. The van der Waals surface area contributed by atoms with Crippen LogP contribution >= 0.6 is 15.9 Å². The highest BCUT2D eigenvalue weighted by molar-refractivity contribution is 9.10. The van der Waals surface area contributed by atoms with E-state index >= 15 is 0 Å². The number of carbonyl (C=O) groups excluding carboxylic acids is 4. The number of amides is 3. The molecule has 4 rings (SSSR count). The highest BCUT2D eigenvalue weighted by atomic mass is 79.9. The van der Waals surface area contributed by atoms with Crippen molar-refractivity contribution in [2.45, 2.75) is 52.7 Å². The van der Waals surface area contributed by atoms with Crippen molar-refractivity contribution in [2.24, 2.45) is 11.8 Å². The number of methoxy groups -OCH3 is 1. The van der Waals surface area contributed by atoms with Crippen LogP contribution in [-0.4, -0.2) is 82.6 Å². The number of pyridine rings is 1. The van der Waals surface area contributed by atoms with Crippen molar-refractivity contribution in [1.82, 2.24) is 19.8 Å². The van der Waals surface area contributed by atoms with Gasteiger partial charge in [-0.3, -0.25) is 24.7 Å². The molecule has 3 heterocycles. The van der Waals surface area contributed by atoms with E-state index in [0.717, 1.165) is 20.4 Å². The normalized spacial score (nSPS) is 20.2. The van der Waals surface area contributed by atoms with Gasteiger partial charge in [0.1, 0.15) is 11.4 Å². The largest absolute Gasteiger partial charge is 0.469 e. The van der Waals surface area contributed by atoms with Crippen LogP contribution < -0.4 is 5.43 Å². The Morgan fingerprint density at radius 1 is 1.10 bits per heavy atom. The van der Waals surface area contributed by atoms with Gasteiger partial charge in [0.05, 0.1) is 18.5 Å². The molecular formula is C28H36BrN5O6. The molecule has 0 spiro atoms. The standard InChI is InChI=1S/C28H36BrN5O6/c1-17-20(8-9-24(35)39-5)26(37)34(25(17)36)31-23-14-18(21-7-6-19(29)15-22(21)30-23)16-32-10-12-33(13-11-32)27(38)40-28(2,3)4/h6-7,14-15,17,20H,8-13,16H2,1-5H3,(H,30,31). The molecule has 1 aromatic carbocycles. The van der Waals surface area contributed by atoms with E-state index in [0.29, 0.717) is 44.1 Å². The number of ether oxygens (including phenoxy) is 2. The van der Waals surface area contributed by atoms with Crippen LogP contribution in [0.1, 0.15) is 46.1 Å². The van der Waals surface area contributed by atoms with Gasteiger partial charge in [0, 0.05) is 54.9 Å². The lowest BCUT2D eigenvalue weighted by Gasteiger charge is -2.35. The molecule has 1 N–H and O–H groups in total. The third-order valence-electron chi connectivity index (χ3n) is 7.14. The van der Waals surface area contributed by atoms with Crippen molar-refractivity contribution in [3.8, 4) is 0 Å². The summed E-state index contributed by atoms with van der Waals surface area (Å²) in [6.45, 7) is 10.3. The Hall–Kier alpha value is -3.25. The maximum absolute atomic E-state index is 13.1. The van der Waals surface area contributed by atoms with E-state index in [1.54, 1.807) is 11.8 Å². The zero-order chi connectivity index (χ0) is 29.2. The predicted molar refractivity (Wildman–Crippen MR) is 152 cm³/mol. The summed E-state index contributed by atoms with van der Waals surface area (Å²) in [7, 11) is 1.30. The molecule has 2 saturated heterocycles. The van der Waals surface area contributed by atoms with Crippen molar-refractivity contribution < 1.29 is 28.7 Å². The molecule has 2 aromatic rings. The number of fused-ring (bicyclic) bond motifs is 1. The number of halogens is 1. The first-order valence-electron chi connectivity index (χ1n) is 13.4. The van der Waals surface area contributed by atoms with Crippen LogP contribution in [0.15, 0.2) is 28.7 Å². The minimum Gasteiger partial charge on any atom is -0.469 e. The highest BCUT2D eigenvalue weighted by Crippen LogP contribution is 2.31. The summed E-state index contributed by atoms with van der Waals surface area (Å²) >= 11 is 3.50. The second-order valence-electron chi connectivity index (χ2n) is 11.2. The molecule has 1 aromatic heterocycles. The van der Waals surface area contributed by atoms with Gasteiger partial charge in [-0.1, -0.05) is 28.9 Å². The number of rotatable bonds is 7.